The summed E-state index contributed by atoms with van der Waals surface area (Å²) in [5.41, 5.74) is 0.173. The molecule has 128 valence electrons. The lowest BCUT2D eigenvalue weighted by atomic mass is 10.0. The van der Waals surface area contributed by atoms with Crippen molar-refractivity contribution in [2.75, 3.05) is 19.6 Å². The lowest BCUT2D eigenvalue weighted by molar-refractivity contribution is -0.138. The Morgan fingerprint density at radius 2 is 1.92 bits per heavy atom. The molecule has 1 aromatic carbocycles. The van der Waals surface area contributed by atoms with Gasteiger partial charge in [-0.1, -0.05) is 6.07 Å². The van der Waals surface area contributed by atoms with E-state index < -0.39 is 17.6 Å². The molecule has 1 fully saturated rings. The number of benzene rings is 1. The highest BCUT2D eigenvalue weighted by Crippen LogP contribution is 2.34. The number of nitrogens with zero attached hydrogens (tertiary/aromatic N) is 2. The first kappa shape index (κ1) is 16.9. The van der Waals surface area contributed by atoms with E-state index in [-0.39, 0.29) is 18.2 Å². The van der Waals surface area contributed by atoms with Crippen molar-refractivity contribution in [1.29, 1.82) is 0 Å². The monoisotopic (exact) mass is 339 g/mol. The van der Waals surface area contributed by atoms with Crippen molar-refractivity contribution in [2.45, 2.75) is 18.8 Å². The molecule has 7 heteroatoms. The highest BCUT2D eigenvalue weighted by molar-refractivity contribution is 5.31. The molecule has 3 nitrogen and oxygen atoms in total. The van der Waals surface area contributed by atoms with Crippen LogP contribution in [0, 0.1) is 5.82 Å². The van der Waals surface area contributed by atoms with E-state index in [9.17, 15) is 17.6 Å². The van der Waals surface area contributed by atoms with E-state index in [0.29, 0.717) is 25.7 Å². The molecule has 1 atom stereocenters. The first-order chi connectivity index (χ1) is 11.4. The first-order valence-corrected chi connectivity index (χ1v) is 7.65. The highest BCUT2D eigenvalue weighted by Gasteiger charge is 2.35. The molecular formula is C17H17F4N3. The van der Waals surface area contributed by atoms with E-state index in [1.807, 2.05) is 17.0 Å². The zero-order chi connectivity index (χ0) is 17.2. The van der Waals surface area contributed by atoms with Gasteiger partial charge in [-0.2, -0.15) is 13.2 Å². The maximum absolute atomic E-state index is 13.3. The minimum atomic E-state index is -4.57. The molecule has 0 saturated carbocycles. The van der Waals surface area contributed by atoms with E-state index >= 15 is 0 Å². The fraction of sp³-hybridized carbons (Fsp3) is 0.353. The zero-order valence-electron chi connectivity index (χ0n) is 12.9. The van der Waals surface area contributed by atoms with Crippen LogP contribution in [0.1, 0.15) is 22.7 Å². The van der Waals surface area contributed by atoms with E-state index in [0.717, 1.165) is 11.6 Å². The van der Waals surface area contributed by atoms with Crippen LogP contribution in [0.15, 0.2) is 42.7 Å². The summed E-state index contributed by atoms with van der Waals surface area (Å²) in [4.78, 5) is 5.96. The average Bonchev–Trinajstić information content (AvgIpc) is 2.57. The molecule has 1 N–H and O–H groups in total. The van der Waals surface area contributed by atoms with Crippen LogP contribution in [0.5, 0.6) is 0 Å². The fourth-order valence-electron chi connectivity index (χ4n) is 3.02. The number of hydrogen-bond donors (Lipinski definition) is 1. The molecule has 2 heterocycles. The van der Waals surface area contributed by atoms with E-state index in [1.165, 1.54) is 6.07 Å². The zero-order valence-corrected chi connectivity index (χ0v) is 12.9. The summed E-state index contributed by atoms with van der Waals surface area (Å²) in [6.45, 7) is 2.07. The number of hydrogen-bond acceptors (Lipinski definition) is 3. The molecule has 0 aliphatic carbocycles. The van der Waals surface area contributed by atoms with Gasteiger partial charge in [0.05, 0.1) is 5.56 Å². The van der Waals surface area contributed by atoms with Gasteiger partial charge in [-0.25, -0.2) is 4.39 Å². The number of piperazine rings is 1. The summed E-state index contributed by atoms with van der Waals surface area (Å²) in [6, 6.07) is 6.55. The molecule has 1 saturated heterocycles. The maximum Gasteiger partial charge on any atom is 0.416 e. The molecule has 1 aromatic heterocycles. The SMILES string of the molecule is Fc1ccc(CN2CCNCC2c2ccncc2)c(C(F)(F)F)c1. The van der Waals surface area contributed by atoms with Gasteiger partial charge in [-0.15, -0.1) is 0 Å². The van der Waals surface area contributed by atoms with Crippen molar-refractivity contribution in [3.63, 3.8) is 0 Å². The number of pyridine rings is 1. The van der Waals surface area contributed by atoms with Gasteiger partial charge in [0.15, 0.2) is 0 Å². The van der Waals surface area contributed by atoms with Crippen LogP contribution in [0.25, 0.3) is 0 Å². The molecule has 0 spiro atoms. The maximum atomic E-state index is 13.3. The van der Waals surface area contributed by atoms with E-state index in [2.05, 4.69) is 10.3 Å². The van der Waals surface area contributed by atoms with Crippen LogP contribution in [0.4, 0.5) is 17.6 Å². The third-order valence-electron chi connectivity index (χ3n) is 4.20. The van der Waals surface area contributed by atoms with Gasteiger partial charge in [-0.3, -0.25) is 9.88 Å². The molecule has 2 aromatic rings. The quantitative estimate of drug-likeness (QED) is 0.869. The number of aromatic nitrogens is 1. The predicted octanol–water partition coefficient (Wildman–Crippen LogP) is 3.39. The van der Waals surface area contributed by atoms with Crippen LogP contribution >= 0.6 is 0 Å². The van der Waals surface area contributed by atoms with Crippen molar-refractivity contribution in [3.8, 4) is 0 Å². The van der Waals surface area contributed by atoms with Gasteiger partial charge < -0.3 is 5.32 Å². The molecule has 24 heavy (non-hydrogen) atoms. The number of halogens is 4. The van der Waals surface area contributed by atoms with Crippen molar-refractivity contribution in [2.24, 2.45) is 0 Å². The van der Waals surface area contributed by atoms with Gasteiger partial charge in [0.25, 0.3) is 0 Å². The van der Waals surface area contributed by atoms with Crippen molar-refractivity contribution >= 4 is 0 Å². The van der Waals surface area contributed by atoms with Crippen LogP contribution in [0.3, 0.4) is 0 Å². The summed E-state index contributed by atoms with van der Waals surface area (Å²) in [6.07, 6.45) is -1.24. The second-order valence-electron chi connectivity index (χ2n) is 5.77. The summed E-state index contributed by atoms with van der Waals surface area (Å²) >= 11 is 0. The molecule has 0 radical (unpaired) electrons. The third-order valence-corrected chi connectivity index (χ3v) is 4.20. The Labute approximate surface area is 137 Å². The minimum Gasteiger partial charge on any atom is -0.314 e. The van der Waals surface area contributed by atoms with Gasteiger partial charge in [0.2, 0.25) is 0 Å². The molecule has 0 bridgehead atoms. The summed E-state index contributed by atoms with van der Waals surface area (Å²) in [5, 5.41) is 3.26. The Morgan fingerprint density at radius 3 is 2.62 bits per heavy atom. The standard InChI is InChI=1S/C17H17F4N3/c18-14-2-1-13(15(9-14)17(19,20)21)11-24-8-7-23-10-16(24)12-3-5-22-6-4-12/h1-6,9,16,23H,7-8,10-11H2. The number of nitrogens with one attached hydrogen (secondary N) is 1. The minimum absolute atomic E-state index is 0.0483. The van der Waals surface area contributed by atoms with Crippen LogP contribution in [-0.2, 0) is 12.7 Å². The average molecular weight is 339 g/mol. The Bertz CT molecular complexity index is 688. The van der Waals surface area contributed by atoms with Crippen LogP contribution < -0.4 is 5.32 Å². The number of rotatable bonds is 3. The van der Waals surface area contributed by atoms with Crippen molar-refractivity contribution in [1.82, 2.24) is 15.2 Å². The van der Waals surface area contributed by atoms with Gasteiger partial charge in [0.1, 0.15) is 5.82 Å². The molecule has 0 amide bonds. The Kier molecular flexibility index (Phi) is 4.82. The Balaban J connectivity index is 1.89. The second kappa shape index (κ2) is 6.86. The summed E-state index contributed by atoms with van der Waals surface area (Å²) in [5.74, 6) is -0.878. The fourth-order valence-corrected chi connectivity index (χ4v) is 3.02. The van der Waals surface area contributed by atoms with Crippen molar-refractivity contribution in [3.05, 3.63) is 65.2 Å². The molecule has 1 aliphatic heterocycles. The molecule has 3 rings (SSSR count). The summed E-state index contributed by atoms with van der Waals surface area (Å²) in [7, 11) is 0. The van der Waals surface area contributed by atoms with Crippen LogP contribution in [0.2, 0.25) is 0 Å². The highest BCUT2D eigenvalue weighted by atomic mass is 19.4. The van der Waals surface area contributed by atoms with Gasteiger partial charge in [0, 0.05) is 44.6 Å². The Hall–Kier alpha value is -1.99. The predicted molar refractivity (Wildman–Crippen MR) is 81.7 cm³/mol. The summed E-state index contributed by atoms with van der Waals surface area (Å²) < 4.78 is 52.9. The van der Waals surface area contributed by atoms with Gasteiger partial charge in [-0.05, 0) is 35.4 Å². The van der Waals surface area contributed by atoms with Crippen molar-refractivity contribution < 1.29 is 17.6 Å². The second-order valence-corrected chi connectivity index (χ2v) is 5.77. The van der Waals surface area contributed by atoms with E-state index in [4.69, 9.17) is 0 Å². The first-order valence-electron chi connectivity index (χ1n) is 7.65. The third kappa shape index (κ3) is 3.73. The molecule has 1 aliphatic rings. The van der Waals surface area contributed by atoms with E-state index in [1.54, 1.807) is 12.4 Å². The normalized spacial score (nSPS) is 19.4. The smallest absolute Gasteiger partial charge is 0.314 e. The lowest BCUT2D eigenvalue weighted by Gasteiger charge is -2.37. The molecule has 1 unspecified atom stereocenters. The lowest BCUT2D eigenvalue weighted by Crippen LogP contribution is -2.45. The van der Waals surface area contributed by atoms with Crippen LogP contribution in [-0.4, -0.2) is 29.5 Å². The molecular weight excluding hydrogens is 322 g/mol. The largest absolute Gasteiger partial charge is 0.416 e. The number of alkyl halides is 3. The Morgan fingerprint density at radius 1 is 1.17 bits per heavy atom. The topological polar surface area (TPSA) is 28.2 Å². The van der Waals surface area contributed by atoms with Gasteiger partial charge >= 0.3 is 6.18 Å².